The molecule has 0 aliphatic carbocycles. The first-order valence-electron chi connectivity index (χ1n) is 10.2. The molecule has 2 aromatic carbocycles. The molecule has 0 aliphatic heterocycles. The van der Waals surface area contributed by atoms with Gasteiger partial charge >= 0.3 is 12.0 Å². The molecular formula is C24H26FN3O3. The molecule has 1 aromatic heterocycles. The van der Waals surface area contributed by atoms with E-state index in [9.17, 15) is 14.0 Å². The Balaban J connectivity index is 1.61. The molecule has 0 saturated carbocycles. The molecule has 6 nitrogen and oxygen atoms in total. The van der Waals surface area contributed by atoms with Gasteiger partial charge in [-0.1, -0.05) is 48.5 Å². The summed E-state index contributed by atoms with van der Waals surface area (Å²) in [7, 11) is 0. The molecule has 2 amide bonds. The third-order valence-electron chi connectivity index (χ3n) is 4.84. The van der Waals surface area contributed by atoms with Gasteiger partial charge in [0.25, 0.3) is 0 Å². The van der Waals surface area contributed by atoms with Crippen LogP contribution in [0, 0.1) is 5.82 Å². The normalized spacial score (nSPS) is 11.5. The van der Waals surface area contributed by atoms with E-state index in [4.69, 9.17) is 4.74 Å². The maximum absolute atomic E-state index is 14.0. The van der Waals surface area contributed by atoms with Crippen molar-refractivity contribution in [3.8, 4) is 0 Å². The van der Waals surface area contributed by atoms with Gasteiger partial charge in [0, 0.05) is 17.5 Å². The van der Waals surface area contributed by atoms with E-state index < -0.39 is 12.1 Å². The van der Waals surface area contributed by atoms with Crippen molar-refractivity contribution in [2.24, 2.45) is 0 Å². The highest BCUT2D eigenvalue weighted by molar-refractivity contribution is 5.76. The number of hydrogen-bond acceptors (Lipinski definition) is 3. The first-order chi connectivity index (χ1) is 15.1. The largest absolute Gasteiger partial charge is 0.466 e. The highest BCUT2D eigenvalue weighted by Gasteiger charge is 2.19. The fourth-order valence-electron chi connectivity index (χ4n) is 3.28. The van der Waals surface area contributed by atoms with Crippen LogP contribution in [0.3, 0.4) is 0 Å². The summed E-state index contributed by atoms with van der Waals surface area (Å²) in [5.74, 6) is -0.645. The topological polar surface area (TPSA) is 72.4 Å². The van der Waals surface area contributed by atoms with Crippen LogP contribution in [0.15, 0.2) is 72.9 Å². The summed E-state index contributed by atoms with van der Waals surface area (Å²) in [5, 5.41) is 5.66. The Morgan fingerprint density at radius 2 is 1.77 bits per heavy atom. The number of esters is 1. The molecule has 0 fully saturated rings. The minimum atomic E-state index is -0.509. The van der Waals surface area contributed by atoms with Crippen LogP contribution in [0.5, 0.6) is 0 Å². The van der Waals surface area contributed by atoms with Crippen LogP contribution in [-0.4, -0.2) is 23.2 Å². The minimum absolute atomic E-state index is 0.0366. The lowest BCUT2D eigenvalue weighted by Gasteiger charge is -2.19. The summed E-state index contributed by atoms with van der Waals surface area (Å²) in [5.41, 5.74) is 2.22. The zero-order valence-corrected chi connectivity index (χ0v) is 17.4. The number of ether oxygens (including phenoxy) is 1. The summed E-state index contributed by atoms with van der Waals surface area (Å²) in [6.07, 6.45) is 1.88. The zero-order valence-electron chi connectivity index (χ0n) is 17.4. The van der Waals surface area contributed by atoms with Crippen molar-refractivity contribution >= 4 is 12.0 Å². The zero-order chi connectivity index (χ0) is 22.1. The number of hydrogen-bond donors (Lipinski definition) is 2. The van der Waals surface area contributed by atoms with Gasteiger partial charge in [-0.25, -0.2) is 9.18 Å². The van der Waals surface area contributed by atoms with E-state index in [1.54, 1.807) is 25.1 Å². The lowest BCUT2D eigenvalue weighted by Crippen LogP contribution is -2.38. The van der Waals surface area contributed by atoms with Gasteiger partial charge in [-0.15, -0.1) is 0 Å². The van der Waals surface area contributed by atoms with Crippen LogP contribution in [0.4, 0.5) is 9.18 Å². The van der Waals surface area contributed by atoms with Crippen molar-refractivity contribution in [3.05, 3.63) is 95.6 Å². The molecule has 1 heterocycles. The van der Waals surface area contributed by atoms with Crippen molar-refractivity contribution in [1.29, 1.82) is 0 Å². The van der Waals surface area contributed by atoms with Crippen LogP contribution in [-0.2, 0) is 22.6 Å². The summed E-state index contributed by atoms with van der Waals surface area (Å²) in [6.45, 7) is 2.65. The van der Waals surface area contributed by atoms with Crippen LogP contribution < -0.4 is 10.6 Å². The Hall–Kier alpha value is -3.61. The van der Waals surface area contributed by atoms with E-state index in [1.165, 1.54) is 6.07 Å². The van der Waals surface area contributed by atoms with E-state index in [2.05, 4.69) is 10.6 Å². The van der Waals surface area contributed by atoms with Gasteiger partial charge in [0.1, 0.15) is 5.82 Å². The van der Waals surface area contributed by atoms with Gasteiger partial charge in [0.2, 0.25) is 0 Å². The molecule has 2 N–H and O–H groups in total. The Kier molecular flexibility index (Phi) is 7.81. The molecule has 1 atom stereocenters. The molecule has 0 saturated heterocycles. The molecule has 0 aliphatic rings. The molecule has 162 valence electrons. The third kappa shape index (κ3) is 6.44. The van der Waals surface area contributed by atoms with Gasteiger partial charge in [-0.2, -0.15) is 0 Å². The number of nitrogens with zero attached hydrogens (tertiary/aromatic N) is 1. The molecule has 0 spiro atoms. The second-order valence-corrected chi connectivity index (χ2v) is 7.02. The Labute approximate surface area is 181 Å². The van der Waals surface area contributed by atoms with Crippen molar-refractivity contribution in [3.63, 3.8) is 0 Å². The van der Waals surface area contributed by atoms with Gasteiger partial charge in [-0.05, 0) is 30.7 Å². The van der Waals surface area contributed by atoms with Gasteiger partial charge in [0.15, 0.2) is 0 Å². The minimum Gasteiger partial charge on any atom is -0.466 e. The molecule has 0 radical (unpaired) electrons. The van der Waals surface area contributed by atoms with E-state index in [-0.39, 0.29) is 31.4 Å². The van der Waals surface area contributed by atoms with E-state index in [0.29, 0.717) is 12.1 Å². The maximum atomic E-state index is 14.0. The lowest BCUT2D eigenvalue weighted by atomic mass is 10.0. The van der Waals surface area contributed by atoms with Crippen LogP contribution in [0.2, 0.25) is 0 Å². The predicted octanol–water partition coefficient (Wildman–Crippen LogP) is 4.17. The van der Waals surface area contributed by atoms with Gasteiger partial charge in [-0.3, -0.25) is 4.79 Å². The average Bonchev–Trinajstić information content (AvgIpc) is 3.21. The summed E-state index contributed by atoms with van der Waals surface area (Å²) < 4.78 is 20.9. The SMILES string of the molecule is CCOC(=O)CC(NC(=O)NCc1cccn1Cc1ccccc1F)c1ccccc1. The van der Waals surface area contributed by atoms with Gasteiger partial charge < -0.3 is 19.9 Å². The first-order valence-corrected chi connectivity index (χ1v) is 10.2. The molecule has 31 heavy (non-hydrogen) atoms. The van der Waals surface area contributed by atoms with Crippen LogP contribution in [0.25, 0.3) is 0 Å². The van der Waals surface area contributed by atoms with Crippen LogP contribution >= 0.6 is 0 Å². The highest BCUT2D eigenvalue weighted by Crippen LogP contribution is 2.17. The maximum Gasteiger partial charge on any atom is 0.315 e. The Morgan fingerprint density at radius 3 is 2.52 bits per heavy atom. The van der Waals surface area contributed by atoms with E-state index in [1.807, 2.05) is 53.2 Å². The predicted molar refractivity (Wildman–Crippen MR) is 116 cm³/mol. The fraction of sp³-hybridized carbons (Fsp3) is 0.250. The molecule has 3 aromatic rings. The van der Waals surface area contributed by atoms with Gasteiger partial charge in [0.05, 0.1) is 32.2 Å². The molecule has 1 unspecified atom stereocenters. The first kappa shape index (κ1) is 22.1. The number of carbonyl (C=O) groups is 2. The quantitative estimate of drug-likeness (QED) is 0.508. The summed E-state index contributed by atoms with van der Waals surface area (Å²) in [4.78, 5) is 24.5. The van der Waals surface area contributed by atoms with Crippen LogP contribution in [0.1, 0.15) is 36.2 Å². The standard InChI is InChI=1S/C24H26FN3O3/c1-2-31-23(29)15-22(18-9-4-3-5-10-18)27-24(30)26-16-20-12-8-14-28(20)17-19-11-6-7-13-21(19)25/h3-14,22H,2,15-17H2,1H3,(H2,26,27,30). The number of aromatic nitrogens is 1. The second-order valence-electron chi connectivity index (χ2n) is 7.02. The van der Waals surface area contributed by atoms with E-state index >= 15 is 0 Å². The Bertz CT molecular complexity index is 1000. The number of carbonyl (C=O) groups excluding carboxylic acids is 2. The number of halogens is 1. The van der Waals surface area contributed by atoms with E-state index in [0.717, 1.165) is 11.3 Å². The van der Waals surface area contributed by atoms with Crippen molar-refractivity contribution in [2.75, 3.05) is 6.61 Å². The molecule has 7 heteroatoms. The monoisotopic (exact) mass is 423 g/mol. The number of nitrogens with one attached hydrogen (secondary N) is 2. The molecule has 0 bridgehead atoms. The highest BCUT2D eigenvalue weighted by atomic mass is 19.1. The fourth-order valence-corrected chi connectivity index (χ4v) is 3.28. The second kappa shape index (κ2) is 11.0. The van der Waals surface area contributed by atoms with Crippen molar-refractivity contribution in [1.82, 2.24) is 15.2 Å². The number of urea groups is 1. The molecule has 3 rings (SSSR count). The molecular weight excluding hydrogens is 397 g/mol. The summed E-state index contributed by atoms with van der Waals surface area (Å²) >= 11 is 0. The number of rotatable bonds is 9. The smallest absolute Gasteiger partial charge is 0.315 e. The van der Waals surface area contributed by atoms with Crippen molar-refractivity contribution < 1.29 is 18.7 Å². The summed E-state index contributed by atoms with van der Waals surface area (Å²) in [6, 6.07) is 18.7. The number of benzene rings is 2. The third-order valence-corrected chi connectivity index (χ3v) is 4.84. The number of amides is 2. The lowest BCUT2D eigenvalue weighted by molar-refractivity contribution is -0.143. The average molecular weight is 423 g/mol. The van der Waals surface area contributed by atoms with Crippen molar-refractivity contribution in [2.45, 2.75) is 32.5 Å². The Morgan fingerprint density at radius 1 is 1.03 bits per heavy atom.